The van der Waals surface area contributed by atoms with E-state index < -0.39 is 0 Å². The molecule has 2 N–H and O–H groups in total. The fourth-order valence-corrected chi connectivity index (χ4v) is 0.958. The van der Waals surface area contributed by atoms with Crippen molar-refractivity contribution in [3.63, 3.8) is 0 Å². The van der Waals surface area contributed by atoms with Crippen molar-refractivity contribution in [2.45, 2.75) is 19.4 Å². The molecule has 0 saturated carbocycles. The maximum Gasteiger partial charge on any atom is 0.153 e. The zero-order valence-electron chi connectivity index (χ0n) is 7.57. The fraction of sp³-hybridized carbons (Fsp3) is 0.300. The summed E-state index contributed by atoms with van der Waals surface area (Å²) in [6.45, 7) is 1.71. The summed E-state index contributed by atoms with van der Waals surface area (Å²) in [5.41, 5.74) is 6.46. The van der Waals surface area contributed by atoms with Gasteiger partial charge in [0.05, 0.1) is 6.04 Å². The van der Waals surface area contributed by atoms with Crippen molar-refractivity contribution >= 4 is 18.2 Å². The van der Waals surface area contributed by atoms with Gasteiger partial charge in [0.25, 0.3) is 0 Å². The Hall–Kier alpha value is -0.860. The van der Waals surface area contributed by atoms with E-state index in [4.69, 9.17) is 5.73 Å². The lowest BCUT2D eigenvalue weighted by Gasteiger charge is -2.03. The van der Waals surface area contributed by atoms with E-state index in [0.717, 1.165) is 5.56 Å². The second kappa shape index (κ2) is 5.73. The molecule has 0 aliphatic rings. The Labute approximate surface area is 84.5 Å². The number of benzene rings is 1. The molecule has 0 bridgehead atoms. The zero-order chi connectivity index (χ0) is 8.97. The van der Waals surface area contributed by atoms with Crippen LogP contribution in [0.4, 0.5) is 0 Å². The van der Waals surface area contributed by atoms with Gasteiger partial charge in [-0.05, 0) is 12.5 Å². The van der Waals surface area contributed by atoms with Crippen molar-refractivity contribution in [1.29, 1.82) is 0 Å². The molecule has 0 fully saturated rings. The van der Waals surface area contributed by atoms with Crippen LogP contribution in [0.1, 0.15) is 12.5 Å². The van der Waals surface area contributed by atoms with Crippen molar-refractivity contribution in [2.24, 2.45) is 5.73 Å². The highest BCUT2D eigenvalue weighted by atomic mass is 35.5. The zero-order valence-corrected chi connectivity index (χ0v) is 8.38. The van der Waals surface area contributed by atoms with Gasteiger partial charge in [-0.1, -0.05) is 30.3 Å². The van der Waals surface area contributed by atoms with Gasteiger partial charge in [0.15, 0.2) is 5.78 Å². The molecule has 0 aliphatic carbocycles. The third kappa shape index (κ3) is 4.06. The van der Waals surface area contributed by atoms with Crippen LogP contribution in [0.2, 0.25) is 0 Å². The lowest BCUT2D eigenvalue weighted by molar-refractivity contribution is -0.119. The Morgan fingerprint density at radius 3 is 2.38 bits per heavy atom. The van der Waals surface area contributed by atoms with Crippen LogP contribution in [0.5, 0.6) is 0 Å². The van der Waals surface area contributed by atoms with Crippen molar-refractivity contribution in [1.82, 2.24) is 0 Å². The Morgan fingerprint density at radius 1 is 1.38 bits per heavy atom. The van der Waals surface area contributed by atoms with Gasteiger partial charge in [-0.2, -0.15) is 0 Å². The number of carbonyl (C=O) groups excluding carboxylic acids is 1. The highest BCUT2D eigenvalue weighted by Gasteiger charge is 2.07. The molecule has 0 saturated heterocycles. The van der Waals surface area contributed by atoms with Crippen LogP contribution in [-0.2, 0) is 11.2 Å². The summed E-state index contributed by atoms with van der Waals surface area (Å²) in [4.78, 5) is 11.2. The SMILES string of the molecule is CC(N)C(=O)Cc1ccccc1.Cl. The predicted octanol–water partition coefficient (Wildman–Crippen LogP) is 1.57. The average Bonchev–Trinajstić information content (AvgIpc) is 2.06. The molecule has 0 spiro atoms. The lowest BCUT2D eigenvalue weighted by Crippen LogP contribution is -2.27. The van der Waals surface area contributed by atoms with Gasteiger partial charge >= 0.3 is 0 Å². The van der Waals surface area contributed by atoms with Gasteiger partial charge < -0.3 is 5.73 Å². The standard InChI is InChI=1S/C10H13NO.ClH/c1-8(11)10(12)7-9-5-3-2-4-6-9;/h2-6,8H,7,11H2,1H3;1H. The van der Waals surface area contributed by atoms with Crippen molar-refractivity contribution in [3.8, 4) is 0 Å². The molecular formula is C10H14ClNO. The summed E-state index contributed by atoms with van der Waals surface area (Å²) in [5, 5.41) is 0. The summed E-state index contributed by atoms with van der Waals surface area (Å²) in [5.74, 6) is 0.0844. The summed E-state index contributed by atoms with van der Waals surface area (Å²) < 4.78 is 0. The van der Waals surface area contributed by atoms with E-state index in [-0.39, 0.29) is 24.2 Å². The maximum atomic E-state index is 11.2. The van der Waals surface area contributed by atoms with Gasteiger partial charge in [-0.25, -0.2) is 0 Å². The lowest BCUT2D eigenvalue weighted by atomic mass is 10.1. The van der Waals surface area contributed by atoms with Crippen molar-refractivity contribution in [2.75, 3.05) is 0 Å². The number of carbonyl (C=O) groups is 1. The number of nitrogens with two attached hydrogens (primary N) is 1. The van der Waals surface area contributed by atoms with Crippen LogP contribution in [0, 0.1) is 0 Å². The smallest absolute Gasteiger partial charge is 0.153 e. The second-order valence-corrected chi connectivity index (χ2v) is 2.92. The molecule has 0 aromatic heterocycles. The van der Waals surface area contributed by atoms with Gasteiger partial charge in [0.1, 0.15) is 0 Å². The maximum absolute atomic E-state index is 11.2. The second-order valence-electron chi connectivity index (χ2n) is 2.92. The van der Waals surface area contributed by atoms with Gasteiger partial charge in [0.2, 0.25) is 0 Å². The van der Waals surface area contributed by atoms with Crippen LogP contribution in [0.15, 0.2) is 30.3 Å². The number of rotatable bonds is 3. The Morgan fingerprint density at radius 2 is 1.92 bits per heavy atom. The highest BCUT2D eigenvalue weighted by molar-refractivity contribution is 5.85. The Balaban J connectivity index is 0.00000144. The number of Topliss-reactive ketones (excluding diaryl/α,β-unsaturated/α-hetero) is 1. The average molecular weight is 200 g/mol. The molecular weight excluding hydrogens is 186 g/mol. The monoisotopic (exact) mass is 199 g/mol. The third-order valence-electron chi connectivity index (χ3n) is 1.73. The minimum Gasteiger partial charge on any atom is -0.322 e. The summed E-state index contributed by atoms with van der Waals surface area (Å²) >= 11 is 0. The van der Waals surface area contributed by atoms with Crippen LogP contribution < -0.4 is 5.73 Å². The topological polar surface area (TPSA) is 43.1 Å². The van der Waals surface area contributed by atoms with E-state index in [0.29, 0.717) is 6.42 Å². The normalized spacial score (nSPS) is 11.5. The molecule has 1 atom stereocenters. The van der Waals surface area contributed by atoms with E-state index in [1.165, 1.54) is 0 Å². The molecule has 1 unspecified atom stereocenters. The molecule has 13 heavy (non-hydrogen) atoms. The molecule has 3 heteroatoms. The van der Waals surface area contributed by atoms with Crippen molar-refractivity contribution in [3.05, 3.63) is 35.9 Å². The van der Waals surface area contributed by atoms with E-state index in [9.17, 15) is 4.79 Å². The van der Waals surface area contributed by atoms with Crippen LogP contribution in [0.25, 0.3) is 0 Å². The molecule has 72 valence electrons. The molecule has 2 nitrogen and oxygen atoms in total. The van der Waals surface area contributed by atoms with Crippen LogP contribution >= 0.6 is 12.4 Å². The minimum atomic E-state index is -0.356. The fourth-order valence-electron chi connectivity index (χ4n) is 0.958. The first kappa shape index (κ1) is 12.1. The first-order chi connectivity index (χ1) is 5.70. The molecule has 0 heterocycles. The van der Waals surface area contributed by atoms with Gasteiger partial charge in [-0.15, -0.1) is 12.4 Å². The number of halogens is 1. The number of ketones is 1. The Kier molecular flexibility index (Phi) is 5.35. The Bertz CT molecular complexity index is 259. The van der Waals surface area contributed by atoms with Gasteiger partial charge in [0, 0.05) is 6.42 Å². The molecule has 0 radical (unpaired) electrons. The first-order valence-corrected chi connectivity index (χ1v) is 4.02. The molecule has 0 aliphatic heterocycles. The predicted molar refractivity (Wildman–Crippen MR) is 56.1 cm³/mol. The quantitative estimate of drug-likeness (QED) is 0.803. The first-order valence-electron chi connectivity index (χ1n) is 4.02. The summed E-state index contributed by atoms with van der Waals surface area (Å²) in [7, 11) is 0. The van der Waals surface area contributed by atoms with Crippen LogP contribution in [0.3, 0.4) is 0 Å². The number of hydrogen-bond acceptors (Lipinski definition) is 2. The van der Waals surface area contributed by atoms with E-state index >= 15 is 0 Å². The molecule has 1 aromatic rings. The van der Waals surface area contributed by atoms with E-state index in [1.54, 1.807) is 6.92 Å². The van der Waals surface area contributed by atoms with E-state index in [1.807, 2.05) is 30.3 Å². The number of hydrogen-bond donors (Lipinski definition) is 1. The molecule has 1 aromatic carbocycles. The minimum absolute atomic E-state index is 0. The molecule has 1 rings (SSSR count). The van der Waals surface area contributed by atoms with Crippen LogP contribution in [-0.4, -0.2) is 11.8 Å². The third-order valence-corrected chi connectivity index (χ3v) is 1.73. The summed E-state index contributed by atoms with van der Waals surface area (Å²) in [6.07, 6.45) is 0.443. The van der Waals surface area contributed by atoms with Gasteiger partial charge in [-0.3, -0.25) is 4.79 Å². The summed E-state index contributed by atoms with van der Waals surface area (Å²) in [6, 6.07) is 9.28. The largest absolute Gasteiger partial charge is 0.322 e. The van der Waals surface area contributed by atoms with E-state index in [2.05, 4.69) is 0 Å². The molecule has 0 amide bonds. The van der Waals surface area contributed by atoms with Crippen molar-refractivity contribution < 1.29 is 4.79 Å². The highest BCUT2D eigenvalue weighted by Crippen LogP contribution is 2.00.